The van der Waals surface area contributed by atoms with Gasteiger partial charge in [-0.1, -0.05) is 34.1 Å². The molecule has 2 heterocycles. The number of hydrogen-bond acceptors (Lipinski definition) is 3. The molecule has 2 aliphatic heterocycles. The zero-order chi connectivity index (χ0) is 14.7. The van der Waals surface area contributed by atoms with Crippen molar-refractivity contribution in [2.24, 2.45) is 0 Å². The van der Waals surface area contributed by atoms with Crippen LogP contribution in [0.4, 0.5) is 0 Å². The Morgan fingerprint density at radius 2 is 2.00 bits per heavy atom. The first-order chi connectivity index (χ1) is 10.2. The number of rotatable bonds is 3. The molecule has 1 N–H and O–H groups in total. The molecule has 0 saturated carbocycles. The normalized spacial score (nSPS) is 26.7. The van der Waals surface area contributed by atoms with Crippen LogP contribution in [-0.2, 0) is 9.47 Å². The molecule has 1 aromatic carbocycles. The van der Waals surface area contributed by atoms with Crippen LogP contribution in [0, 0.1) is 0 Å². The minimum Gasteiger partial charge on any atom is -0.381 e. The van der Waals surface area contributed by atoms with Crippen molar-refractivity contribution in [3.63, 3.8) is 0 Å². The van der Waals surface area contributed by atoms with Gasteiger partial charge in [-0.15, -0.1) is 0 Å². The van der Waals surface area contributed by atoms with Crippen molar-refractivity contribution >= 4 is 15.9 Å². The summed E-state index contributed by atoms with van der Waals surface area (Å²) in [5.41, 5.74) is 1.38. The number of halogens is 1. The van der Waals surface area contributed by atoms with Crippen LogP contribution in [0.2, 0.25) is 0 Å². The number of benzene rings is 1. The fraction of sp³-hybridized carbons (Fsp3) is 0.647. The van der Waals surface area contributed by atoms with Crippen molar-refractivity contribution in [1.82, 2.24) is 5.32 Å². The van der Waals surface area contributed by atoms with Gasteiger partial charge in [-0.05, 0) is 44.2 Å². The fourth-order valence-electron chi connectivity index (χ4n) is 3.53. The summed E-state index contributed by atoms with van der Waals surface area (Å²) in [5.74, 6) is 0. The van der Waals surface area contributed by atoms with E-state index in [-0.39, 0.29) is 5.60 Å². The van der Waals surface area contributed by atoms with Crippen LogP contribution in [0.1, 0.15) is 44.2 Å². The molecular formula is C17H24BrNO2. The maximum absolute atomic E-state index is 6.12. The molecule has 0 radical (unpaired) electrons. The van der Waals surface area contributed by atoms with Crippen molar-refractivity contribution in [2.75, 3.05) is 19.8 Å². The minimum atomic E-state index is 0.0573. The molecule has 116 valence electrons. The second-order valence-electron chi connectivity index (χ2n) is 6.24. The molecule has 21 heavy (non-hydrogen) atoms. The van der Waals surface area contributed by atoms with E-state index >= 15 is 0 Å². The summed E-state index contributed by atoms with van der Waals surface area (Å²) >= 11 is 3.65. The Morgan fingerprint density at radius 3 is 2.76 bits per heavy atom. The molecule has 2 fully saturated rings. The smallest absolute Gasteiger partial charge is 0.0741 e. The Morgan fingerprint density at radius 1 is 1.24 bits per heavy atom. The monoisotopic (exact) mass is 353 g/mol. The highest BCUT2D eigenvalue weighted by Gasteiger charge is 2.39. The second kappa shape index (κ2) is 6.78. The van der Waals surface area contributed by atoms with Gasteiger partial charge in [-0.25, -0.2) is 0 Å². The molecule has 3 rings (SSSR count). The van der Waals surface area contributed by atoms with Gasteiger partial charge in [0, 0.05) is 36.4 Å². The van der Waals surface area contributed by atoms with Crippen LogP contribution in [0.25, 0.3) is 0 Å². The van der Waals surface area contributed by atoms with Crippen LogP contribution in [-0.4, -0.2) is 31.5 Å². The molecular weight excluding hydrogens is 330 g/mol. The van der Waals surface area contributed by atoms with Gasteiger partial charge in [0.25, 0.3) is 0 Å². The zero-order valence-corrected chi connectivity index (χ0v) is 14.2. The third-order valence-electron chi connectivity index (χ3n) is 4.75. The number of nitrogens with one attached hydrogen (secondary N) is 1. The van der Waals surface area contributed by atoms with Crippen molar-refractivity contribution in [3.05, 3.63) is 34.3 Å². The Hall–Kier alpha value is -0.420. The summed E-state index contributed by atoms with van der Waals surface area (Å²) in [4.78, 5) is 0. The average molecular weight is 354 g/mol. The molecule has 0 aliphatic carbocycles. The molecule has 4 heteroatoms. The van der Waals surface area contributed by atoms with Gasteiger partial charge in [0.15, 0.2) is 0 Å². The van der Waals surface area contributed by atoms with E-state index in [4.69, 9.17) is 9.47 Å². The lowest BCUT2D eigenvalue weighted by Gasteiger charge is -2.44. The third-order valence-corrected chi connectivity index (χ3v) is 5.48. The van der Waals surface area contributed by atoms with Crippen LogP contribution < -0.4 is 5.32 Å². The summed E-state index contributed by atoms with van der Waals surface area (Å²) in [6.45, 7) is 4.78. The molecule has 2 atom stereocenters. The molecule has 3 nitrogen and oxygen atoms in total. The maximum Gasteiger partial charge on any atom is 0.0741 e. The van der Waals surface area contributed by atoms with Crippen LogP contribution in [0.3, 0.4) is 0 Å². The average Bonchev–Trinajstić information content (AvgIpc) is 2.48. The summed E-state index contributed by atoms with van der Waals surface area (Å²) in [7, 11) is 0. The Labute approximate surface area is 135 Å². The molecule has 1 aromatic rings. The van der Waals surface area contributed by atoms with Gasteiger partial charge in [0.1, 0.15) is 0 Å². The van der Waals surface area contributed by atoms with E-state index in [0.29, 0.717) is 12.1 Å². The first-order valence-corrected chi connectivity index (χ1v) is 8.70. The lowest BCUT2D eigenvalue weighted by Crippen LogP contribution is -2.50. The van der Waals surface area contributed by atoms with E-state index in [9.17, 15) is 0 Å². The van der Waals surface area contributed by atoms with Crippen LogP contribution >= 0.6 is 15.9 Å². The molecule has 0 bridgehead atoms. The third kappa shape index (κ3) is 3.67. The molecule has 2 aliphatic rings. The largest absolute Gasteiger partial charge is 0.381 e. The molecule has 2 saturated heterocycles. The second-order valence-corrected chi connectivity index (χ2v) is 7.10. The van der Waals surface area contributed by atoms with E-state index < -0.39 is 0 Å². The van der Waals surface area contributed by atoms with Crippen molar-refractivity contribution in [3.8, 4) is 0 Å². The van der Waals surface area contributed by atoms with Crippen LogP contribution in [0.15, 0.2) is 28.7 Å². The van der Waals surface area contributed by atoms with Gasteiger partial charge >= 0.3 is 0 Å². The van der Waals surface area contributed by atoms with E-state index in [1.807, 2.05) is 0 Å². The van der Waals surface area contributed by atoms with E-state index in [1.165, 1.54) is 10.0 Å². The SMILES string of the molecule is C[C@H](NC1CCOC2(CCOCC2)C1)c1ccccc1Br. The van der Waals surface area contributed by atoms with Gasteiger partial charge in [-0.3, -0.25) is 0 Å². The lowest BCUT2D eigenvalue weighted by atomic mass is 9.83. The van der Waals surface area contributed by atoms with Crippen LogP contribution in [0.5, 0.6) is 0 Å². The van der Waals surface area contributed by atoms with E-state index in [2.05, 4.69) is 52.4 Å². The number of ether oxygens (including phenoxy) is 2. The summed E-state index contributed by atoms with van der Waals surface area (Å²) in [6, 6.07) is 9.33. The van der Waals surface area contributed by atoms with Gasteiger partial charge in [0.05, 0.1) is 5.60 Å². The summed E-state index contributed by atoms with van der Waals surface area (Å²) in [5, 5.41) is 3.80. The molecule has 0 amide bonds. The molecule has 1 unspecified atom stereocenters. The maximum atomic E-state index is 6.12. The highest BCUT2D eigenvalue weighted by Crippen LogP contribution is 2.35. The van der Waals surface area contributed by atoms with Gasteiger partial charge in [0.2, 0.25) is 0 Å². The zero-order valence-electron chi connectivity index (χ0n) is 12.6. The fourth-order valence-corrected chi connectivity index (χ4v) is 4.16. The van der Waals surface area contributed by atoms with E-state index in [0.717, 1.165) is 45.5 Å². The highest BCUT2D eigenvalue weighted by atomic mass is 79.9. The first-order valence-electron chi connectivity index (χ1n) is 7.91. The van der Waals surface area contributed by atoms with E-state index in [1.54, 1.807) is 0 Å². The van der Waals surface area contributed by atoms with Crippen molar-refractivity contribution < 1.29 is 9.47 Å². The van der Waals surface area contributed by atoms with Gasteiger partial charge in [-0.2, -0.15) is 0 Å². The van der Waals surface area contributed by atoms with Crippen molar-refractivity contribution in [1.29, 1.82) is 0 Å². The minimum absolute atomic E-state index is 0.0573. The first kappa shape index (κ1) is 15.5. The Kier molecular flexibility index (Phi) is 4.99. The quantitative estimate of drug-likeness (QED) is 0.895. The van der Waals surface area contributed by atoms with Crippen molar-refractivity contribution in [2.45, 2.75) is 50.3 Å². The molecule has 0 aromatic heterocycles. The highest BCUT2D eigenvalue weighted by molar-refractivity contribution is 9.10. The predicted octanol–water partition coefficient (Wildman–Crippen LogP) is 3.83. The Balaban J connectivity index is 1.63. The molecule has 1 spiro atoms. The summed E-state index contributed by atoms with van der Waals surface area (Å²) in [6.07, 6.45) is 4.27. The Bertz CT molecular complexity index is 468. The summed E-state index contributed by atoms with van der Waals surface area (Å²) < 4.78 is 12.8. The standard InChI is InChI=1S/C17H24BrNO2/c1-13(15-4-2-3-5-16(15)18)19-14-6-9-21-17(12-14)7-10-20-11-8-17/h2-5,13-14,19H,6-12H2,1H3/t13-,14?/m0/s1. The number of hydrogen-bond donors (Lipinski definition) is 1. The topological polar surface area (TPSA) is 30.5 Å². The lowest BCUT2D eigenvalue weighted by molar-refractivity contribution is -0.140. The van der Waals surface area contributed by atoms with Gasteiger partial charge < -0.3 is 14.8 Å². The predicted molar refractivity (Wildman–Crippen MR) is 87.5 cm³/mol.